The van der Waals surface area contributed by atoms with Crippen molar-refractivity contribution in [2.45, 2.75) is 57.9 Å². The van der Waals surface area contributed by atoms with Crippen molar-refractivity contribution in [2.24, 2.45) is 11.8 Å². The number of likely N-dealkylation sites (tertiary alicyclic amines) is 1. The van der Waals surface area contributed by atoms with E-state index < -0.39 is 5.97 Å². The van der Waals surface area contributed by atoms with Gasteiger partial charge < -0.3 is 10.5 Å². The summed E-state index contributed by atoms with van der Waals surface area (Å²) in [4.78, 5) is 40.8. The van der Waals surface area contributed by atoms with Gasteiger partial charge in [0.25, 0.3) is 0 Å². The molecule has 0 spiro atoms. The molecule has 1 aromatic heterocycles. The zero-order chi connectivity index (χ0) is 18.4. The lowest BCUT2D eigenvalue weighted by Gasteiger charge is -2.29. The van der Waals surface area contributed by atoms with E-state index in [1.165, 1.54) is 17.8 Å². The van der Waals surface area contributed by atoms with Crippen LogP contribution in [0.4, 0.5) is 5.00 Å². The van der Waals surface area contributed by atoms with E-state index in [9.17, 15) is 14.4 Å². The van der Waals surface area contributed by atoms with Crippen LogP contribution < -0.4 is 5.73 Å². The Balaban J connectivity index is 1.63. The molecular weight excluding hydrogens is 352 g/mol. The lowest BCUT2D eigenvalue weighted by Crippen LogP contribution is -2.41. The molecule has 0 radical (unpaired) electrons. The molecule has 7 heteroatoms. The van der Waals surface area contributed by atoms with E-state index in [0.29, 0.717) is 23.4 Å². The first-order valence-corrected chi connectivity index (χ1v) is 10.3. The second kappa shape index (κ2) is 6.68. The van der Waals surface area contributed by atoms with Crippen LogP contribution >= 0.6 is 11.3 Å². The number of esters is 1. The van der Waals surface area contributed by atoms with Gasteiger partial charge in [-0.3, -0.25) is 14.5 Å². The van der Waals surface area contributed by atoms with Crippen molar-refractivity contribution in [2.75, 3.05) is 12.3 Å². The maximum atomic E-state index is 13.0. The zero-order valence-corrected chi connectivity index (χ0v) is 15.8. The molecule has 0 aromatic carbocycles. The minimum absolute atomic E-state index is 0.0257. The fraction of sp³-hybridized carbons (Fsp3) is 0.632. The number of anilines is 1. The van der Waals surface area contributed by atoms with Gasteiger partial charge in [0.1, 0.15) is 5.00 Å². The van der Waals surface area contributed by atoms with Gasteiger partial charge in [-0.1, -0.05) is 19.3 Å². The number of rotatable bonds is 3. The topological polar surface area (TPSA) is 89.7 Å². The third-order valence-corrected chi connectivity index (χ3v) is 7.05. The van der Waals surface area contributed by atoms with Crippen LogP contribution in [0.15, 0.2) is 0 Å². The van der Waals surface area contributed by atoms with Crippen molar-refractivity contribution >= 4 is 34.1 Å². The van der Waals surface area contributed by atoms with E-state index in [4.69, 9.17) is 10.5 Å². The Bertz CT molecular complexity index is 766. The zero-order valence-electron chi connectivity index (χ0n) is 15.0. The standard InChI is InChI=1S/C19H24N2O4S/c1-2-25-19(24)15-13-8-11-12(9-14(13)26-16(15)20)18(23)21(17(11)22)10-6-4-3-5-7-10/h10-12H,2-9,20H2,1H3/t11-,12+/m0/s1. The number of ether oxygens (including phenoxy) is 1. The highest BCUT2D eigenvalue weighted by molar-refractivity contribution is 7.16. The second-order valence-electron chi connectivity index (χ2n) is 7.42. The van der Waals surface area contributed by atoms with Gasteiger partial charge in [0.2, 0.25) is 11.8 Å². The molecule has 0 bridgehead atoms. The summed E-state index contributed by atoms with van der Waals surface area (Å²) in [5.41, 5.74) is 7.28. The molecule has 6 nitrogen and oxygen atoms in total. The predicted octanol–water partition coefficient (Wildman–Crippen LogP) is 2.54. The van der Waals surface area contributed by atoms with E-state index in [-0.39, 0.29) is 36.3 Å². The molecule has 0 unspecified atom stereocenters. The summed E-state index contributed by atoms with van der Waals surface area (Å²) in [6, 6.07) is 0.0574. The van der Waals surface area contributed by atoms with E-state index in [1.54, 1.807) is 11.8 Å². The van der Waals surface area contributed by atoms with Gasteiger partial charge in [0, 0.05) is 10.9 Å². The number of imide groups is 1. The van der Waals surface area contributed by atoms with Gasteiger partial charge >= 0.3 is 5.97 Å². The van der Waals surface area contributed by atoms with Crippen molar-refractivity contribution in [1.82, 2.24) is 4.90 Å². The number of fused-ring (bicyclic) bond motifs is 2. The minimum atomic E-state index is -0.429. The molecule has 3 aliphatic rings. The molecule has 1 saturated heterocycles. The predicted molar refractivity (Wildman–Crippen MR) is 97.8 cm³/mol. The molecule has 26 heavy (non-hydrogen) atoms. The Morgan fingerprint density at radius 1 is 1.15 bits per heavy atom. The van der Waals surface area contributed by atoms with Gasteiger partial charge in [-0.05, 0) is 38.2 Å². The second-order valence-corrected chi connectivity index (χ2v) is 8.56. The lowest BCUT2D eigenvalue weighted by atomic mass is 9.79. The first-order valence-electron chi connectivity index (χ1n) is 9.47. The number of nitrogen functional groups attached to an aromatic ring is 1. The summed E-state index contributed by atoms with van der Waals surface area (Å²) < 4.78 is 5.13. The average Bonchev–Trinajstić information content (AvgIpc) is 3.07. The molecular formula is C19H24N2O4S. The summed E-state index contributed by atoms with van der Waals surface area (Å²) in [5, 5.41) is 0.428. The highest BCUT2D eigenvalue weighted by Crippen LogP contribution is 2.45. The number of amides is 2. The molecule has 2 N–H and O–H groups in total. The number of thiophene rings is 1. The van der Waals surface area contributed by atoms with Crippen LogP contribution in [0.25, 0.3) is 0 Å². The molecule has 2 amide bonds. The van der Waals surface area contributed by atoms with Crippen molar-refractivity contribution in [3.8, 4) is 0 Å². The highest BCUT2D eigenvalue weighted by atomic mass is 32.1. The Labute approximate surface area is 156 Å². The van der Waals surface area contributed by atoms with Gasteiger partial charge in [0.15, 0.2) is 0 Å². The first-order chi connectivity index (χ1) is 12.5. The van der Waals surface area contributed by atoms with Gasteiger partial charge in [-0.25, -0.2) is 4.79 Å². The van der Waals surface area contributed by atoms with Gasteiger partial charge in [-0.2, -0.15) is 0 Å². The van der Waals surface area contributed by atoms with Crippen LogP contribution in [0.5, 0.6) is 0 Å². The average molecular weight is 376 g/mol. The Morgan fingerprint density at radius 2 is 1.81 bits per heavy atom. The van der Waals surface area contributed by atoms with Crippen LogP contribution in [-0.2, 0) is 27.2 Å². The van der Waals surface area contributed by atoms with Crippen molar-refractivity contribution in [3.05, 3.63) is 16.0 Å². The van der Waals surface area contributed by atoms with E-state index >= 15 is 0 Å². The minimum Gasteiger partial charge on any atom is -0.462 e. The summed E-state index contributed by atoms with van der Waals surface area (Å²) in [6.07, 6.45) is 6.08. The van der Waals surface area contributed by atoms with Crippen LogP contribution in [-0.4, -0.2) is 35.3 Å². The fourth-order valence-electron chi connectivity index (χ4n) is 4.73. The SMILES string of the molecule is CCOC(=O)c1c(N)sc2c1C[C@@H]1C(=O)N(C3CCCCC3)C(=O)[C@@H]1C2. The summed E-state index contributed by atoms with van der Waals surface area (Å²) >= 11 is 1.35. The first kappa shape index (κ1) is 17.5. The largest absolute Gasteiger partial charge is 0.462 e. The van der Waals surface area contributed by atoms with E-state index in [2.05, 4.69) is 0 Å². The number of carbonyl (C=O) groups is 3. The number of hydrogen-bond acceptors (Lipinski definition) is 6. The highest BCUT2D eigenvalue weighted by Gasteiger charge is 2.52. The molecule has 1 saturated carbocycles. The lowest BCUT2D eigenvalue weighted by molar-refractivity contribution is -0.143. The Hall–Kier alpha value is -1.89. The molecule has 1 aromatic rings. The van der Waals surface area contributed by atoms with Crippen LogP contribution in [0.3, 0.4) is 0 Å². The number of hydrogen-bond donors (Lipinski definition) is 1. The molecule has 2 aliphatic carbocycles. The quantitative estimate of drug-likeness (QED) is 0.647. The van der Waals surface area contributed by atoms with Crippen molar-refractivity contribution in [3.63, 3.8) is 0 Å². The molecule has 1 aliphatic heterocycles. The molecule has 4 rings (SSSR count). The number of carbonyl (C=O) groups excluding carboxylic acids is 3. The van der Waals surface area contributed by atoms with Crippen LogP contribution in [0, 0.1) is 11.8 Å². The maximum absolute atomic E-state index is 13.0. The third-order valence-electron chi connectivity index (χ3n) is 5.96. The summed E-state index contributed by atoms with van der Waals surface area (Å²) in [6.45, 7) is 2.03. The fourth-order valence-corrected chi connectivity index (χ4v) is 5.87. The molecule has 2 atom stereocenters. The van der Waals surface area contributed by atoms with E-state index in [1.807, 2.05) is 0 Å². The molecule has 140 valence electrons. The van der Waals surface area contributed by atoms with Crippen molar-refractivity contribution in [1.29, 1.82) is 0 Å². The third kappa shape index (κ3) is 2.64. The van der Waals surface area contributed by atoms with Crippen LogP contribution in [0.1, 0.15) is 59.8 Å². The number of nitrogens with two attached hydrogens (primary N) is 1. The normalized spacial score (nSPS) is 26.0. The molecule has 2 heterocycles. The summed E-state index contributed by atoms with van der Waals surface area (Å²) in [7, 11) is 0. The molecule has 2 fully saturated rings. The Kier molecular flexibility index (Phi) is 4.50. The summed E-state index contributed by atoms with van der Waals surface area (Å²) in [5.74, 6) is -1.18. The monoisotopic (exact) mass is 376 g/mol. The van der Waals surface area contributed by atoms with Crippen molar-refractivity contribution < 1.29 is 19.1 Å². The van der Waals surface area contributed by atoms with Crippen LogP contribution in [0.2, 0.25) is 0 Å². The van der Waals surface area contributed by atoms with Gasteiger partial charge in [-0.15, -0.1) is 11.3 Å². The Morgan fingerprint density at radius 3 is 2.46 bits per heavy atom. The maximum Gasteiger partial charge on any atom is 0.341 e. The van der Waals surface area contributed by atoms with Gasteiger partial charge in [0.05, 0.1) is 24.0 Å². The van der Waals surface area contributed by atoms with E-state index in [0.717, 1.165) is 36.1 Å². The smallest absolute Gasteiger partial charge is 0.341 e. The number of nitrogens with zero attached hydrogens (tertiary/aromatic N) is 1.